The number of carbonyl (C=O) groups is 1. The maximum Gasteiger partial charge on any atom is 0.179 e. The monoisotopic (exact) mass is 231 g/mol. The van der Waals surface area contributed by atoms with Gasteiger partial charge in [-0.3, -0.25) is 4.79 Å². The standard InChI is InChI=1S/C13H17N3O/c1-8(2)16-7-15-11-6-10(4-5-12(11)16)13(17)9(3)14/h4-9H,14H2,1-3H3. The van der Waals surface area contributed by atoms with Crippen LogP contribution in [0.25, 0.3) is 11.0 Å². The van der Waals surface area contributed by atoms with Crippen LogP contribution in [0.4, 0.5) is 0 Å². The molecule has 0 amide bonds. The molecule has 2 N–H and O–H groups in total. The molecule has 17 heavy (non-hydrogen) atoms. The number of aromatic nitrogens is 2. The SMILES string of the molecule is CC(N)C(=O)c1ccc2c(c1)ncn2C(C)C. The predicted molar refractivity (Wildman–Crippen MR) is 68.1 cm³/mol. The number of imidazole rings is 1. The number of benzene rings is 1. The van der Waals surface area contributed by atoms with E-state index in [9.17, 15) is 4.79 Å². The molecule has 4 heteroatoms. The Morgan fingerprint density at radius 2 is 2.06 bits per heavy atom. The van der Waals surface area contributed by atoms with Gasteiger partial charge >= 0.3 is 0 Å². The van der Waals surface area contributed by atoms with E-state index in [0.29, 0.717) is 11.6 Å². The number of hydrogen-bond donors (Lipinski definition) is 1. The minimum absolute atomic E-state index is 0.0500. The van der Waals surface area contributed by atoms with E-state index in [1.54, 1.807) is 19.3 Å². The number of nitrogens with zero attached hydrogens (tertiary/aromatic N) is 2. The second-order valence-electron chi connectivity index (χ2n) is 4.60. The number of hydrogen-bond acceptors (Lipinski definition) is 3. The highest BCUT2D eigenvalue weighted by atomic mass is 16.1. The van der Waals surface area contributed by atoms with Gasteiger partial charge in [0.15, 0.2) is 5.78 Å². The second kappa shape index (κ2) is 4.30. The van der Waals surface area contributed by atoms with Gasteiger partial charge in [0.1, 0.15) is 0 Å². The van der Waals surface area contributed by atoms with Crippen molar-refractivity contribution in [2.45, 2.75) is 32.9 Å². The first-order chi connectivity index (χ1) is 8.00. The molecule has 0 bridgehead atoms. The zero-order chi connectivity index (χ0) is 12.6. The zero-order valence-corrected chi connectivity index (χ0v) is 10.3. The molecule has 0 saturated heterocycles. The number of rotatable bonds is 3. The quantitative estimate of drug-likeness (QED) is 0.823. The lowest BCUT2D eigenvalue weighted by Gasteiger charge is -2.08. The molecule has 1 unspecified atom stereocenters. The van der Waals surface area contributed by atoms with Crippen LogP contribution >= 0.6 is 0 Å². The highest BCUT2D eigenvalue weighted by Gasteiger charge is 2.13. The molecule has 0 saturated carbocycles. The van der Waals surface area contributed by atoms with Crippen LogP contribution in [0, 0.1) is 0 Å². The van der Waals surface area contributed by atoms with Crippen molar-refractivity contribution in [2.75, 3.05) is 0 Å². The van der Waals surface area contributed by atoms with Crippen molar-refractivity contribution in [1.29, 1.82) is 0 Å². The van der Waals surface area contributed by atoms with Gasteiger partial charge in [0.25, 0.3) is 0 Å². The molecule has 0 spiro atoms. The third-order valence-electron chi connectivity index (χ3n) is 2.83. The molecule has 90 valence electrons. The maximum atomic E-state index is 11.8. The van der Waals surface area contributed by atoms with Crippen LogP contribution in [-0.4, -0.2) is 21.4 Å². The molecule has 1 atom stereocenters. The fraction of sp³-hybridized carbons (Fsp3) is 0.385. The van der Waals surface area contributed by atoms with Gasteiger partial charge in [0.05, 0.1) is 23.4 Å². The van der Waals surface area contributed by atoms with Crippen LogP contribution in [-0.2, 0) is 0 Å². The van der Waals surface area contributed by atoms with Gasteiger partial charge in [-0.15, -0.1) is 0 Å². The van der Waals surface area contributed by atoms with E-state index in [1.807, 2.05) is 12.1 Å². The summed E-state index contributed by atoms with van der Waals surface area (Å²) in [6.45, 7) is 5.89. The van der Waals surface area contributed by atoms with E-state index >= 15 is 0 Å². The molecule has 0 aliphatic heterocycles. The smallest absolute Gasteiger partial charge is 0.179 e. The van der Waals surface area contributed by atoms with E-state index in [0.717, 1.165) is 11.0 Å². The molecule has 1 aromatic carbocycles. The minimum atomic E-state index is -0.473. The first-order valence-electron chi connectivity index (χ1n) is 5.77. The number of fused-ring (bicyclic) bond motifs is 1. The summed E-state index contributed by atoms with van der Waals surface area (Å²) in [6.07, 6.45) is 1.80. The van der Waals surface area contributed by atoms with Gasteiger partial charge in [-0.2, -0.15) is 0 Å². The fourth-order valence-corrected chi connectivity index (χ4v) is 1.86. The van der Waals surface area contributed by atoms with E-state index in [4.69, 9.17) is 5.73 Å². The normalized spacial score (nSPS) is 13.2. The van der Waals surface area contributed by atoms with E-state index in [2.05, 4.69) is 23.4 Å². The van der Waals surface area contributed by atoms with Crippen molar-refractivity contribution in [1.82, 2.24) is 9.55 Å². The minimum Gasteiger partial charge on any atom is -0.328 e. The van der Waals surface area contributed by atoms with Crippen molar-refractivity contribution in [3.63, 3.8) is 0 Å². The summed E-state index contributed by atoms with van der Waals surface area (Å²) in [7, 11) is 0. The third kappa shape index (κ3) is 2.08. The lowest BCUT2D eigenvalue weighted by Crippen LogP contribution is -2.26. The van der Waals surface area contributed by atoms with E-state index in [-0.39, 0.29) is 5.78 Å². The Morgan fingerprint density at radius 3 is 2.65 bits per heavy atom. The number of Topliss-reactive ketones (excluding diaryl/α,β-unsaturated/α-hetero) is 1. The molecule has 2 rings (SSSR count). The van der Waals surface area contributed by atoms with Crippen molar-refractivity contribution < 1.29 is 4.79 Å². The molecular formula is C13H17N3O. The summed E-state index contributed by atoms with van der Waals surface area (Å²) >= 11 is 0. The zero-order valence-electron chi connectivity index (χ0n) is 10.3. The Bertz CT molecular complexity index is 555. The summed E-state index contributed by atoms with van der Waals surface area (Å²) in [5, 5.41) is 0. The summed E-state index contributed by atoms with van der Waals surface area (Å²) in [5.74, 6) is -0.0500. The summed E-state index contributed by atoms with van der Waals surface area (Å²) < 4.78 is 2.08. The Morgan fingerprint density at radius 1 is 1.35 bits per heavy atom. The largest absolute Gasteiger partial charge is 0.328 e. The van der Waals surface area contributed by atoms with Crippen LogP contribution in [0.3, 0.4) is 0 Å². The van der Waals surface area contributed by atoms with E-state index in [1.165, 1.54) is 0 Å². The molecule has 0 radical (unpaired) electrons. The van der Waals surface area contributed by atoms with Crippen molar-refractivity contribution >= 4 is 16.8 Å². The number of nitrogens with two attached hydrogens (primary N) is 1. The molecule has 1 aromatic heterocycles. The van der Waals surface area contributed by atoms with Crippen LogP contribution in [0.5, 0.6) is 0 Å². The van der Waals surface area contributed by atoms with Gasteiger partial charge in [0, 0.05) is 11.6 Å². The topological polar surface area (TPSA) is 60.9 Å². The summed E-state index contributed by atoms with van der Waals surface area (Å²) in [5.41, 5.74) is 8.10. The molecule has 1 heterocycles. The van der Waals surface area contributed by atoms with Crippen LogP contribution in [0.15, 0.2) is 24.5 Å². The molecule has 0 fully saturated rings. The van der Waals surface area contributed by atoms with Gasteiger partial charge in [-0.25, -0.2) is 4.98 Å². The average Bonchev–Trinajstić information content (AvgIpc) is 2.70. The lowest BCUT2D eigenvalue weighted by molar-refractivity contribution is 0.0968. The maximum absolute atomic E-state index is 11.8. The average molecular weight is 231 g/mol. The van der Waals surface area contributed by atoms with Gasteiger partial charge < -0.3 is 10.3 Å². The van der Waals surface area contributed by atoms with Crippen molar-refractivity contribution in [2.24, 2.45) is 5.73 Å². The molecule has 2 aromatic rings. The fourth-order valence-electron chi connectivity index (χ4n) is 1.86. The first kappa shape index (κ1) is 11.8. The van der Waals surface area contributed by atoms with Crippen LogP contribution in [0.1, 0.15) is 37.2 Å². The van der Waals surface area contributed by atoms with Crippen molar-refractivity contribution in [3.8, 4) is 0 Å². The second-order valence-corrected chi connectivity index (χ2v) is 4.60. The Balaban J connectivity index is 2.50. The van der Waals surface area contributed by atoms with Crippen LogP contribution < -0.4 is 5.73 Å². The Hall–Kier alpha value is -1.68. The molecule has 0 aliphatic rings. The lowest BCUT2D eigenvalue weighted by atomic mass is 10.1. The molecular weight excluding hydrogens is 214 g/mol. The highest BCUT2D eigenvalue weighted by Crippen LogP contribution is 2.19. The summed E-state index contributed by atoms with van der Waals surface area (Å²) in [6, 6.07) is 5.43. The van der Waals surface area contributed by atoms with E-state index < -0.39 is 6.04 Å². The highest BCUT2D eigenvalue weighted by molar-refractivity contribution is 6.01. The van der Waals surface area contributed by atoms with Gasteiger partial charge in [-0.05, 0) is 39.0 Å². The summed E-state index contributed by atoms with van der Waals surface area (Å²) in [4.78, 5) is 16.1. The van der Waals surface area contributed by atoms with Gasteiger partial charge in [0.2, 0.25) is 0 Å². The predicted octanol–water partition coefficient (Wildman–Crippen LogP) is 2.15. The third-order valence-corrected chi connectivity index (χ3v) is 2.83. The molecule has 0 aliphatic carbocycles. The number of carbonyl (C=O) groups excluding carboxylic acids is 1. The Kier molecular flexibility index (Phi) is 2.98. The number of ketones is 1. The van der Waals surface area contributed by atoms with Crippen molar-refractivity contribution in [3.05, 3.63) is 30.1 Å². The van der Waals surface area contributed by atoms with Gasteiger partial charge in [-0.1, -0.05) is 0 Å². The first-order valence-corrected chi connectivity index (χ1v) is 5.77. The van der Waals surface area contributed by atoms with Crippen LogP contribution in [0.2, 0.25) is 0 Å². The molecule has 4 nitrogen and oxygen atoms in total. The Labute approximate surface area is 100 Å².